The number of aliphatic hydroxyl groups excluding tert-OH is 1. The molecule has 1 atom stereocenters. The molecule has 194 valence electrons. The number of benzene rings is 1. The third-order valence-corrected chi connectivity index (χ3v) is 7.05. The van der Waals surface area contributed by atoms with Crippen molar-refractivity contribution in [1.82, 2.24) is 4.98 Å². The van der Waals surface area contributed by atoms with Gasteiger partial charge in [0, 0.05) is 0 Å². The number of thiazole rings is 1. The lowest BCUT2D eigenvalue weighted by molar-refractivity contribution is -0.117. The first-order valence-electron chi connectivity index (χ1n) is 11.8. The minimum atomic E-state index is -1.03. The number of methoxy groups -OCH3 is 1. The topological polar surface area (TPSA) is 119 Å². The summed E-state index contributed by atoms with van der Waals surface area (Å²) in [5.41, 5.74) is 0.745. The van der Waals surface area contributed by atoms with E-state index in [0.717, 1.165) is 17.8 Å². The second kappa shape index (κ2) is 10.6. The van der Waals surface area contributed by atoms with Crippen LogP contribution in [-0.2, 0) is 9.53 Å². The number of hydrogen-bond donors (Lipinski definition) is 1. The van der Waals surface area contributed by atoms with Gasteiger partial charge in [-0.05, 0) is 56.0 Å². The highest BCUT2D eigenvalue weighted by Gasteiger charge is 2.47. The summed E-state index contributed by atoms with van der Waals surface area (Å²) in [7, 11) is 1.26. The Balaban J connectivity index is 1.81. The van der Waals surface area contributed by atoms with Crippen molar-refractivity contribution >= 4 is 34.1 Å². The Morgan fingerprint density at radius 1 is 1.22 bits per heavy atom. The SMILES string of the molecule is COC(=O)c1sc(N2C(=O)C(O)=C(C(=O)c3ccc(C)o3)C2c2cccc(OCCC(C)C)c2)nc1C. The highest BCUT2D eigenvalue weighted by atomic mass is 32.1. The third-order valence-electron chi connectivity index (χ3n) is 5.92. The van der Waals surface area contributed by atoms with Gasteiger partial charge in [0.05, 0.1) is 31.0 Å². The average Bonchev–Trinajstić information content (AvgIpc) is 3.54. The number of carbonyl (C=O) groups excluding carboxylic acids is 3. The van der Waals surface area contributed by atoms with Crippen LogP contribution in [0.1, 0.15) is 63.6 Å². The summed E-state index contributed by atoms with van der Waals surface area (Å²) in [6, 6.07) is 9.10. The van der Waals surface area contributed by atoms with Gasteiger partial charge < -0.3 is 19.0 Å². The van der Waals surface area contributed by atoms with Gasteiger partial charge in [0.15, 0.2) is 16.7 Å². The van der Waals surface area contributed by atoms with Crippen LogP contribution in [0.4, 0.5) is 5.13 Å². The second-order valence-electron chi connectivity index (χ2n) is 9.09. The van der Waals surface area contributed by atoms with Crippen LogP contribution in [0.15, 0.2) is 52.1 Å². The number of nitrogens with zero attached hydrogens (tertiary/aromatic N) is 2. The fourth-order valence-electron chi connectivity index (χ4n) is 3.99. The van der Waals surface area contributed by atoms with Gasteiger partial charge in [-0.1, -0.05) is 37.3 Å². The molecule has 0 saturated carbocycles. The Labute approximate surface area is 218 Å². The first-order chi connectivity index (χ1) is 17.6. The molecule has 1 aromatic carbocycles. The summed E-state index contributed by atoms with van der Waals surface area (Å²) in [5.74, 6) is -1.21. The number of ketones is 1. The maximum absolute atomic E-state index is 13.5. The van der Waals surface area contributed by atoms with Gasteiger partial charge in [0.2, 0.25) is 5.78 Å². The number of furan rings is 1. The number of ether oxygens (including phenoxy) is 2. The molecule has 3 heterocycles. The molecule has 0 saturated heterocycles. The molecule has 3 aromatic rings. The zero-order valence-electron chi connectivity index (χ0n) is 21.2. The zero-order chi connectivity index (χ0) is 26.9. The van der Waals surface area contributed by atoms with E-state index in [1.54, 1.807) is 44.2 Å². The lowest BCUT2D eigenvalue weighted by atomic mass is 9.95. The number of hydrogen-bond acceptors (Lipinski definition) is 9. The maximum Gasteiger partial charge on any atom is 0.350 e. The van der Waals surface area contributed by atoms with Crippen molar-refractivity contribution in [2.75, 3.05) is 18.6 Å². The molecule has 37 heavy (non-hydrogen) atoms. The number of amides is 1. The molecule has 0 bridgehead atoms. The number of rotatable bonds is 9. The van der Waals surface area contributed by atoms with Crippen molar-refractivity contribution in [3.63, 3.8) is 0 Å². The van der Waals surface area contributed by atoms with E-state index in [1.807, 2.05) is 0 Å². The smallest absolute Gasteiger partial charge is 0.350 e. The molecule has 1 unspecified atom stereocenters. The zero-order valence-corrected chi connectivity index (χ0v) is 22.0. The van der Waals surface area contributed by atoms with Gasteiger partial charge in [-0.25, -0.2) is 9.78 Å². The van der Waals surface area contributed by atoms with Gasteiger partial charge >= 0.3 is 5.97 Å². The normalized spacial score (nSPS) is 15.6. The van der Waals surface area contributed by atoms with Crippen LogP contribution in [-0.4, -0.2) is 41.5 Å². The van der Waals surface area contributed by atoms with E-state index < -0.39 is 29.5 Å². The fourth-order valence-corrected chi connectivity index (χ4v) is 5.01. The third kappa shape index (κ3) is 5.15. The number of anilines is 1. The monoisotopic (exact) mass is 524 g/mol. The Bertz CT molecular complexity index is 1380. The quantitative estimate of drug-likeness (QED) is 0.294. The van der Waals surface area contributed by atoms with Crippen LogP contribution >= 0.6 is 11.3 Å². The van der Waals surface area contributed by atoms with Crippen molar-refractivity contribution in [3.8, 4) is 5.75 Å². The van der Waals surface area contributed by atoms with E-state index in [1.165, 1.54) is 18.1 Å². The number of aliphatic hydroxyl groups is 1. The van der Waals surface area contributed by atoms with E-state index >= 15 is 0 Å². The largest absolute Gasteiger partial charge is 0.503 e. The molecule has 1 aliphatic rings. The van der Waals surface area contributed by atoms with E-state index in [-0.39, 0.29) is 21.3 Å². The van der Waals surface area contributed by atoms with Crippen LogP contribution in [0.3, 0.4) is 0 Å². The first-order valence-corrected chi connectivity index (χ1v) is 12.6. The second-order valence-corrected chi connectivity index (χ2v) is 10.1. The highest BCUT2D eigenvalue weighted by Crippen LogP contribution is 2.44. The molecule has 1 aliphatic heterocycles. The molecule has 4 rings (SSSR count). The van der Waals surface area contributed by atoms with Crippen LogP contribution in [0.5, 0.6) is 5.75 Å². The number of Topliss-reactive ketones (excluding diaryl/α,β-unsaturated/α-hetero) is 1. The minimum Gasteiger partial charge on any atom is -0.503 e. The summed E-state index contributed by atoms with van der Waals surface area (Å²) in [6.45, 7) is 8.01. The van der Waals surface area contributed by atoms with E-state index in [0.29, 0.717) is 35.3 Å². The van der Waals surface area contributed by atoms with Crippen molar-refractivity contribution in [3.05, 3.63) is 75.4 Å². The Morgan fingerprint density at radius 2 is 1.97 bits per heavy atom. The van der Waals surface area contributed by atoms with Crippen molar-refractivity contribution < 1.29 is 33.4 Å². The number of carbonyl (C=O) groups is 3. The molecule has 0 aliphatic carbocycles. The Kier molecular flexibility index (Phi) is 7.49. The van der Waals surface area contributed by atoms with Crippen molar-refractivity contribution in [2.24, 2.45) is 5.92 Å². The number of aromatic nitrogens is 1. The van der Waals surface area contributed by atoms with Crippen LogP contribution < -0.4 is 9.64 Å². The van der Waals surface area contributed by atoms with Crippen molar-refractivity contribution in [1.29, 1.82) is 0 Å². The summed E-state index contributed by atoms with van der Waals surface area (Å²) in [6.07, 6.45) is 0.856. The number of esters is 1. The molecule has 0 spiro atoms. The van der Waals surface area contributed by atoms with Crippen LogP contribution in [0.2, 0.25) is 0 Å². The average molecular weight is 525 g/mol. The molecule has 10 heteroatoms. The van der Waals surface area contributed by atoms with Gasteiger partial charge in [-0.2, -0.15) is 0 Å². The summed E-state index contributed by atoms with van der Waals surface area (Å²) in [5, 5.41) is 11.1. The van der Waals surface area contributed by atoms with Gasteiger partial charge in [-0.3, -0.25) is 14.5 Å². The summed E-state index contributed by atoms with van der Waals surface area (Å²) < 4.78 is 16.2. The molecule has 2 aromatic heterocycles. The molecular formula is C27H28N2O7S. The van der Waals surface area contributed by atoms with Gasteiger partial charge in [0.25, 0.3) is 5.91 Å². The minimum absolute atomic E-state index is 0.00592. The van der Waals surface area contributed by atoms with Crippen LogP contribution in [0.25, 0.3) is 0 Å². The number of aryl methyl sites for hydroxylation is 2. The standard InChI is InChI=1S/C27H28N2O7S/c1-14(2)11-12-35-18-8-6-7-17(13-18)21-20(22(30)19-10-9-15(3)36-19)23(31)25(32)29(21)27-28-16(4)24(37-27)26(33)34-5/h6-10,13-14,21,31H,11-12H2,1-5H3. The highest BCUT2D eigenvalue weighted by molar-refractivity contribution is 7.17. The van der Waals surface area contributed by atoms with Crippen LogP contribution in [0, 0.1) is 19.8 Å². The summed E-state index contributed by atoms with van der Waals surface area (Å²) >= 11 is 0.944. The van der Waals surface area contributed by atoms with E-state index in [2.05, 4.69) is 18.8 Å². The molecule has 1 amide bonds. The fraction of sp³-hybridized carbons (Fsp3) is 0.333. The predicted molar refractivity (Wildman–Crippen MR) is 137 cm³/mol. The Morgan fingerprint density at radius 3 is 2.62 bits per heavy atom. The van der Waals surface area contributed by atoms with Gasteiger partial charge in [0.1, 0.15) is 16.4 Å². The first kappa shape index (κ1) is 26.2. The van der Waals surface area contributed by atoms with E-state index in [4.69, 9.17) is 13.9 Å². The molecule has 9 nitrogen and oxygen atoms in total. The molecular weight excluding hydrogens is 496 g/mol. The van der Waals surface area contributed by atoms with Gasteiger partial charge in [-0.15, -0.1) is 0 Å². The molecule has 0 fully saturated rings. The molecule has 1 N–H and O–H groups in total. The summed E-state index contributed by atoms with van der Waals surface area (Å²) in [4.78, 5) is 45.0. The molecule has 0 radical (unpaired) electrons. The Hall–Kier alpha value is -3.92. The predicted octanol–water partition coefficient (Wildman–Crippen LogP) is 5.35. The van der Waals surface area contributed by atoms with Crippen molar-refractivity contribution in [2.45, 2.75) is 40.2 Å². The lowest BCUT2D eigenvalue weighted by Gasteiger charge is -2.24. The van der Waals surface area contributed by atoms with E-state index in [9.17, 15) is 19.5 Å². The maximum atomic E-state index is 13.5. The lowest BCUT2D eigenvalue weighted by Crippen LogP contribution is -2.31.